The zero-order valence-electron chi connectivity index (χ0n) is 19.9. The summed E-state index contributed by atoms with van der Waals surface area (Å²) in [6, 6.07) is 18.3. The van der Waals surface area contributed by atoms with Crippen molar-refractivity contribution in [3.63, 3.8) is 0 Å². The number of carbonyl (C=O) groups is 1. The summed E-state index contributed by atoms with van der Waals surface area (Å²) in [5.74, 6) is -5.90. The van der Waals surface area contributed by atoms with E-state index in [9.17, 15) is 36.2 Å². The third-order valence-electron chi connectivity index (χ3n) is 6.23. The maximum atomic E-state index is 14.3. The Morgan fingerprint density at radius 2 is 1.50 bits per heavy atom. The second-order valence-corrected chi connectivity index (χ2v) is 8.98. The Kier molecular flexibility index (Phi) is 8.06. The summed E-state index contributed by atoms with van der Waals surface area (Å²) in [4.78, 5) is 13.3. The van der Waals surface area contributed by atoms with Crippen molar-refractivity contribution >= 4 is 16.7 Å². The monoisotopic (exact) mass is 531 g/mol. The van der Waals surface area contributed by atoms with Crippen molar-refractivity contribution in [2.75, 3.05) is 0 Å². The lowest BCUT2D eigenvalue weighted by Gasteiger charge is -2.25. The van der Waals surface area contributed by atoms with Crippen molar-refractivity contribution in [1.82, 2.24) is 5.32 Å². The molecule has 0 saturated carbocycles. The molecule has 0 aromatic heterocycles. The van der Waals surface area contributed by atoms with Gasteiger partial charge in [0.15, 0.2) is 0 Å². The molecule has 0 fully saturated rings. The third kappa shape index (κ3) is 6.16. The van der Waals surface area contributed by atoms with Crippen molar-refractivity contribution in [3.8, 4) is 0 Å². The van der Waals surface area contributed by atoms with Gasteiger partial charge < -0.3 is 10.4 Å². The molecule has 0 aliphatic heterocycles. The molecule has 198 valence electrons. The highest BCUT2D eigenvalue weighted by Crippen LogP contribution is 2.29. The topological polar surface area (TPSA) is 49.3 Å². The molecule has 0 saturated heterocycles. The summed E-state index contributed by atoms with van der Waals surface area (Å²) in [5, 5.41) is 14.4. The highest BCUT2D eigenvalue weighted by atomic mass is 19.3. The number of benzene rings is 4. The van der Waals surface area contributed by atoms with Gasteiger partial charge in [0.05, 0.1) is 12.1 Å². The molecule has 4 aromatic rings. The van der Waals surface area contributed by atoms with Crippen LogP contribution in [-0.4, -0.2) is 29.4 Å². The molecule has 0 bridgehead atoms. The van der Waals surface area contributed by atoms with Crippen LogP contribution >= 0.6 is 0 Å². The number of fused-ring (bicyclic) bond motifs is 1. The smallest absolute Gasteiger partial charge is 0.311 e. The second kappa shape index (κ2) is 11.3. The molecule has 2 atom stereocenters. The number of alkyl halides is 4. The molecule has 0 spiro atoms. The Balaban J connectivity index is 1.65. The van der Waals surface area contributed by atoms with E-state index in [-0.39, 0.29) is 28.5 Å². The van der Waals surface area contributed by atoms with Crippen LogP contribution in [0.4, 0.5) is 26.3 Å². The number of amides is 1. The third-order valence-corrected chi connectivity index (χ3v) is 6.23. The summed E-state index contributed by atoms with van der Waals surface area (Å²) in [6.45, 7) is 0. The van der Waals surface area contributed by atoms with Crippen molar-refractivity contribution in [2.45, 2.75) is 37.3 Å². The lowest BCUT2D eigenvalue weighted by atomic mass is 9.93. The molecule has 0 aliphatic carbocycles. The largest absolute Gasteiger partial charge is 0.386 e. The number of aliphatic hydroxyl groups excluding tert-OH is 1. The fraction of sp³-hybridized carbons (Fsp3) is 0.207. The Morgan fingerprint density at radius 1 is 0.842 bits per heavy atom. The van der Waals surface area contributed by atoms with Gasteiger partial charge in [-0.2, -0.15) is 8.78 Å². The van der Waals surface area contributed by atoms with Crippen molar-refractivity contribution in [3.05, 3.63) is 119 Å². The first-order valence-corrected chi connectivity index (χ1v) is 11.7. The number of nitrogens with one attached hydrogen (secondary N) is 1. The Morgan fingerprint density at radius 3 is 2.18 bits per heavy atom. The average molecular weight is 531 g/mol. The second-order valence-electron chi connectivity index (χ2n) is 8.98. The predicted molar refractivity (Wildman–Crippen MR) is 131 cm³/mol. The first-order chi connectivity index (χ1) is 18.0. The van der Waals surface area contributed by atoms with E-state index in [4.69, 9.17) is 0 Å². The normalized spacial score (nSPS) is 13.5. The number of carbonyl (C=O) groups excluding carboxylic acids is 1. The highest BCUT2D eigenvalue weighted by Gasteiger charge is 2.40. The number of rotatable bonds is 9. The maximum absolute atomic E-state index is 14.3. The van der Waals surface area contributed by atoms with E-state index in [1.807, 2.05) is 0 Å². The first kappa shape index (κ1) is 27.2. The molecular formula is C29H23F6NO2. The number of hydrogen-bond donors (Lipinski definition) is 2. The van der Waals surface area contributed by atoms with Crippen LogP contribution in [0, 0.1) is 11.6 Å². The molecule has 38 heavy (non-hydrogen) atoms. The van der Waals surface area contributed by atoms with Gasteiger partial charge in [0.2, 0.25) is 0 Å². The van der Waals surface area contributed by atoms with Crippen LogP contribution in [0.5, 0.6) is 0 Å². The van der Waals surface area contributed by atoms with Gasteiger partial charge >= 0.3 is 12.3 Å². The van der Waals surface area contributed by atoms with E-state index >= 15 is 0 Å². The van der Waals surface area contributed by atoms with Crippen LogP contribution in [0.1, 0.15) is 33.2 Å². The van der Waals surface area contributed by atoms with Gasteiger partial charge in [-0.15, -0.1) is 0 Å². The molecule has 4 rings (SSSR count). The first-order valence-electron chi connectivity index (χ1n) is 11.7. The Bertz CT molecular complexity index is 1420. The summed E-state index contributed by atoms with van der Waals surface area (Å²) >= 11 is 0. The van der Waals surface area contributed by atoms with E-state index in [2.05, 4.69) is 5.32 Å². The quantitative estimate of drug-likeness (QED) is 0.238. The molecule has 2 N–H and O–H groups in total. The van der Waals surface area contributed by atoms with Gasteiger partial charge in [-0.1, -0.05) is 60.7 Å². The van der Waals surface area contributed by atoms with Crippen LogP contribution in [0.3, 0.4) is 0 Å². The van der Waals surface area contributed by atoms with Gasteiger partial charge in [-0.05, 0) is 52.8 Å². The Labute approximate surface area is 214 Å². The molecule has 0 aliphatic rings. The molecule has 0 heterocycles. The van der Waals surface area contributed by atoms with Crippen LogP contribution in [0.2, 0.25) is 0 Å². The molecule has 0 radical (unpaired) electrons. The molecule has 9 heteroatoms. The summed E-state index contributed by atoms with van der Waals surface area (Å²) in [5.41, 5.74) is 0.770. The lowest BCUT2D eigenvalue weighted by Crippen LogP contribution is -2.41. The van der Waals surface area contributed by atoms with E-state index < -0.39 is 48.5 Å². The van der Waals surface area contributed by atoms with E-state index in [1.165, 1.54) is 42.5 Å². The Hall–Kier alpha value is -3.85. The molecule has 4 aromatic carbocycles. The standard InChI is InChI=1S/C29H23F6NO2/c30-20-10-8-19(9-11-20)26(37)25(15-17-4-3-5-18(14-17)16-29(34,35)28(32)33)36-27(38)23-12-13-24(31)22-7-2-1-6-21(22)23/h1-14,25-26,28,37H,15-16H2,(H,36,38). The number of halogens is 6. The SMILES string of the molecule is O=C(NC(Cc1cccc(CC(F)(F)C(F)F)c1)C(O)c1ccc(F)cc1)c1ccc(F)c2ccccc12. The van der Waals surface area contributed by atoms with Gasteiger partial charge in [0.1, 0.15) is 11.6 Å². The van der Waals surface area contributed by atoms with Gasteiger partial charge in [0.25, 0.3) is 5.91 Å². The van der Waals surface area contributed by atoms with Gasteiger partial charge in [0, 0.05) is 17.4 Å². The summed E-state index contributed by atoms with van der Waals surface area (Å²) in [7, 11) is 0. The summed E-state index contributed by atoms with van der Waals surface area (Å²) in [6.07, 6.45) is -6.43. The van der Waals surface area contributed by atoms with Crippen molar-refractivity contribution in [1.29, 1.82) is 0 Å². The number of aliphatic hydroxyl groups is 1. The van der Waals surface area contributed by atoms with Crippen LogP contribution in [0.25, 0.3) is 10.8 Å². The van der Waals surface area contributed by atoms with E-state index in [0.29, 0.717) is 10.9 Å². The maximum Gasteiger partial charge on any atom is 0.311 e. The van der Waals surface area contributed by atoms with Crippen LogP contribution in [0.15, 0.2) is 84.9 Å². The highest BCUT2D eigenvalue weighted by molar-refractivity contribution is 6.07. The fourth-order valence-corrected chi connectivity index (χ4v) is 4.31. The zero-order valence-corrected chi connectivity index (χ0v) is 19.9. The van der Waals surface area contributed by atoms with Gasteiger partial charge in [-0.3, -0.25) is 4.79 Å². The summed E-state index contributed by atoms with van der Waals surface area (Å²) < 4.78 is 80.3. The molecule has 2 unspecified atom stereocenters. The average Bonchev–Trinajstić information content (AvgIpc) is 2.88. The van der Waals surface area contributed by atoms with Crippen molar-refractivity contribution < 1.29 is 36.2 Å². The van der Waals surface area contributed by atoms with E-state index in [0.717, 1.165) is 18.2 Å². The fourth-order valence-electron chi connectivity index (χ4n) is 4.31. The minimum Gasteiger partial charge on any atom is -0.386 e. The zero-order chi connectivity index (χ0) is 27.4. The molecule has 3 nitrogen and oxygen atoms in total. The number of hydrogen-bond acceptors (Lipinski definition) is 2. The lowest BCUT2D eigenvalue weighted by molar-refractivity contribution is -0.127. The predicted octanol–water partition coefficient (Wildman–Crippen LogP) is 6.64. The van der Waals surface area contributed by atoms with Gasteiger partial charge in [-0.25, -0.2) is 17.6 Å². The minimum atomic E-state index is -4.22. The van der Waals surface area contributed by atoms with Crippen molar-refractivity contribution in [2.24, 2.45) is 0 Å². The van der Waals surface area contributed by atoms with Crippen LogP contribution < -0.4 is 5.32 Å². The molecule has 1 amide bonds. The minimum absolute atomic E-state index is 0.0429. The molecular weight excluding hydrogens is 508 g/mol. The van der Waals surface area contributed by atoms with E-state index in [1.54, 1.807) is 24.3 Å². The van der Waals surface area contributed by atoms with Crippen LogP contribution in [-0.2, 0) is 12.8 Å².